The van der Waals surface area contributed by atoms with Crippen molar-refractivity contribution in [3.05, 3.63) is 71.8 Å². The molecule has 0 spiro atoms. The van der Waals surface area contributed by atoms with E-state index < -0.39 is 9.84 Å². The lowest BCUT2D eigenvalue weighted by molar-refractivity contribution is -0.132. The number of nitrogens with one attached hydrogen (secondary N) is 1. The summed E-state index contributed by atoms with van der Waals surface area (Å²) in [6.45, 7) is 0.885. The van der Waals surface area contributed by atoms with E-state index in [1.54, 1.807) is 12.0 Å². The van der Waals surface area contributed by atoms with Gasteiger partial charge < -0.3 is 9.64 Å². The fraction of sp³-hybridized carbons (Fsp3) is 0.409. The number of hydrogen-bond donors (Lipinski definition) is 1. The molecule has 2 aromatic carbocycles. The average molecular weight is 417 g/mol. The third-order valence-electron chi connectivity index (χ3n) is 5.23. The Morgan fingerprint density at radius 3 is 2.17 bits per heavy atom. The molecule has 1 fully saturated rings. The van der Waals surface area contributed by atoms with Crippen LogP contribution in [0.2, 0.25) is 0 Å². The maximum atomic E-state index is 13.0. The Hall–Kier alpha value is -2.22. The number of benzene rings is 2. The van der Waals surface area contributed by atoms with Crippen molar-refractivity contribution in [3.8, 4) is 0 Å². The molecule has 3 rings (SSSR count). The van der Waals surface area contributed by atoms with Crippen molar-refractivity contribution in [2.24, 2.45) is 0 Å². The van der Waals surface area contributed by atoms with E-state index >= 15 is 0 Å². The highest BCUT2D eigenvalue weighted by Gasteiger charge is 2.34. The lowest BCUT2D eigenvalue weighted by Gasteiger charge is -2.29. The van der Waals surface area contributed by atoms with Gasteiger partial charge in [-0.05, 0) is 17.5 Å². The van der Waals surface area contributed by atoms with Gasteiger partial charge in [0.2, 0.25) is 5.91 Å². The predicted molar refractivity (Wildman–Crippen MR) is 113 cm³/mol. The minimum atomic E-state index is -3.07. The molecule has 0 aromatic heterocycles. The van der Waals surface area contributed by atoms with Gasteiger partial charge in [-0.3, -0.25) is 10.1 Å². The normalized spacial score (nSPS) is 18.1. The Kier molecular flexibility index (Phi) is 7.41. The smallest absolute Gasteiger partial charge is 0.236 e. The zero-order valence-electron chi connectivity index (χ0n) is 16.7. The van der Waals surface area contributed by atoms with E-state index in [2.05, 4.69) is 5.32 Å². The molecule has 6 nitrogen and oxygen atoms in total. The monoisotopic (exact) mass is 416 g/mol. The number of ether oxygens (including phenoxy) is 1. The Morgan fingerprint density at radius 1 is 1.10 bits per heavy atom. The van der Waals surface area contributed by atoms with Crippen LogP contribution < -0.4 is 5.32 Å². The van der Waals surface area contributed by atoms with E-state index in [1.165, 1.54) is 0 Å². The molecule has 7 heteroatoms. The van der Waals surface area contributed by atoms with Gasteiger partial charge >= 0.3 is 0 Å². The van der Waals surface area contributed by atoms with E-state index in [-0.39, 0.29) is 36.0 Å². The van der Waals surface area contributed by atoms with Crippen molar-refractivity contribution in [1.29, 1.82) is 0 Å². The first kappa shape index (κ1) is 21.5. The standard InChI is InChI=1S/C22H28N2O4S/c1-28-14-13-24(20-12-15-29(26,27)17-20)21(25)16-23-22(18-8-4-2-5-9-18)19-10-6-3-7-11-19/h2-11,20,22-23H,12-17H2,1H3. The molecule has 1 amide bonds. The molecule has 0 aliphatic carbocycles. The van der Waals surface area contributed by atoms with Crippen LogP contribution in [-0.4, -0.2) is 63.6 Å². The Morgan fingerprint density at radius 2 is 1.69 bits per heavy atom. The SMILES string of the molecule is COCCN(C(=O)CNC(c1ccccc1)c1ccccc1)C1CCS(=O)(=O)C1. The van der Waals surface area contributed by atoms with Crippen LogP contribution >= 0.6 is 0 Å². The second-order valence-electron chi connectivity index (χ2n) is 7.27. The Labute approximate surface area is 172 Å². The zero-order chi connectivity index (χ0) is 20.7. The van der Waals surface area contributed by atoms with Crippen LogP contribution in [-0.2, 0) is 19.4 Å². The van der Waals surface area contributed by atoms with E-state index in [0.29, 0.717) is 19.6 Å². The lowest BCUT2D eigenvalue weighted by Crippen LogP contribution is -2.47. The number of sulfone groups is 1. The zero-order valence-corrected chi connectivity index (χ0v) is 17.5. The minimum Gasteiger partial charge on any atom is -0.383 e. The van der Waals surface area contributed by atoms with Gasteiger partial charge in [0, 0.05) is 19.7 Å². The average Bonchev–Trinajstić information content (AvgIpc) is 3.09. The van der Waals surface area contributed by atoms with Crippen molar-refractivity contribution in [1.82, 2.24) is 10.2 Å². The van der Waals surface area contributed by atoms with Crippen molar-refractivity contribution in [2.75, 3.05) is 38.3 Å². The molecular weight excluding hydrogens is 388 g/mol. The number of carbonyl (C=O) groups is 1. The number of hydrogen-bond acceptors (Lipinski definition) is 5. The molecule has 1 aliphatic rings. The number of nitrogens with zero attached hydrogens (tertiary/aromatic N) is 1. The molecule has 2 aromatic rings. The second kappa shape index (κ2) is 10.0. The highest BCUT2D eigenvalue weighted by molar-refractivity contribution is 7.91. The molecule has 0 saturated carbocycles. The summed E-state index contributed by atoms with van der Waals surface area (Å²) in [5.74, 6) is 0.0582. The third kappa shape index (κ3) is 5.88. The molecule has 1 saturated heterocycles. The first-order chi connectivity index (χ1) is 14.0. The summed E-state index contributed by atoms with van der Waals surface area (Å²) in [4.78, 5) is 14.7. The predicted octanol–water partition coefficient (Wildman–Crippen LogP) is 2.03. The topological polar surface area (TPSA) is 75.7 Å². The van der Waals surface area contributed by atoms with E-state index in [4.69, 9.17) is 4.74 Å². The molecule has 29 heavy (non-hydrogen) atoms. The van der Waals surface area contributed by atoms with Crippen LogP contribution in [0.15, 0.2) is 60.7 Å². The van der Waals surface area contributed by atoms with Crippen molar-refractivity contribution >= 4 is 15.7 Å². The fourth-order valence-electron chi connectivity index (χ4n) is 3.73. The van der Waals surface area contributed by atoms with Gasteiger partial charge in [0.15, 0.2) is 9.84 Å². The Balaban J connectivity index is 1.73. The van der Waals surface area contributed by atoms with Crippen molar-refractivity contribution in [3.63, 3.8) is 0 Å². The highest BCUT2D eigenvalue weighted by Crippen LogP contribution is 2.22. The van der Waals surface area contributed by atoms with Crippen LogP contribution in [0.1, 0.15) is 23.6 Å². The van der Waals surface area contributed by atoms with Gasteiger partial charge in [-0.2, -0.15) is 0 Å². The Bertz CT molecular complexity index is 848. The summed E-state index contributed by atoms with van der Waals surface area (Å²) in [5, 5.41) is 3.37. The maximum Gasteiger partial charge on any atom is 0.236 e. The summed E-state index contributed by atoms with van der Waals surface area (Å²) >= 11 is 0. The summed E-state index contributed by atoms with van der Waals surface area (Å²) in [6.07, 6.45) is 0.485. The van der Waals surface area contributed by atoms with Crippen LogP contribution in [0.25, 0.3) is 0 Å². The minimum absolute atomic E-state index is 0.0310. The molecule has 1 atom stereocenters. The van der Waals surface area contributed by atoms with E-state index in [1.807, 2.05) is 60.7 Å². The molecule has 1 unspecified atom stereocenters. The number of carbonyl (C=O) groups excluding carboxylic acids is 1. The quantitative estimate of drug-likeness (QED) is 0.677. The maximum absolute atomic E-state index is 13.0. The van der Waals surface area contributed by atoms with E-state index in [9.17, 15) is 13.2 Å². The van der Waals surface area contributed by atoms with Gasteiger partial charge in [0.05, 0.1) is 30.7 Å². The van der Waals surface area contributed by atoms with Crippen LogP contribution in [0.5, 0.6) is 0 Å². The first-order valence-electron chi connectivity index (χ1n) is 9.82. The van der Waals surface area contributed by atoms with E-state index in [0.717, 1.165) is 11.1 Å². The summed E-state index contributed by atoms with van der Waals surface area (Å²) in [6, 6.07) is 19.5. The summed E-state index contributed by atoms with van der Waals surface area (Å²) < 4.78 is 28.9. The first-order valence-corrected chi connectivity index (χ1v) is 11.6. The summed E-state index contributed by atoms with van der Waals surface area (Å²) in [7, 11) is -1.49. The van der Waals surface area contributed by atoms with Gasteiger partial charge in [-0.25, -0.2) is 8.42 Å². The number of rotatable bonds is 9. The lowest BCUT2D eigenvalue weighted by atomic mass is 9.99. The number of amides is 1. The molecular formula is C22H28N2O4S. The number of methoxy groups -OCH3 is 1. The molecule has 1 aliphatic heterocycles. The summed E-state index contributed by atoms with van der Waals surface area (Å²) in [5.41, 5.74) is 2.14. The molecule has 0 bridgehead atoms. The second-order valence-corrected chi connectivity index (χ2v) is 9.50. The van der Waals surface area contributed by atoms with Gasteiger partial charge in [-0.1, -0.05) is 60.7 Å². The van der Waals surface area contributed by atoms with Gasteiger partial charge in [0.1, 0.15) is 0 Å². The van der Waals surface area contributed by atoms with Gasteiger partial charge in [-0.15, -0.1) is 0 Å². The van der Waals surface area contributed by atoms with Crippen LogP contribution in [0.4, 0.5) is 0 Å². The largest absolute Gasteiger partial charge is 0.383 e. The third-order valence-corrected chi connectivity index (χ3v) is 6.98. The van der Waals surface area contributed by atoms with Crippen LogP contribution in [0.3, 0.4) is 0 Å². The van der Waals surface area contributed by atoms with Crippen molar-refractivity contribution in [2.45, 2.75) is 18.5 Å². The molecule has 1 heterocycles. The fourth-order valence-corrected chi connectivity index (χ4v) is 5.46. The molecule has 156 valence electrons. The van der Waals surface area contributed by atoms with Gasteiger partial charge in [0.25, 0.3) is 0 Å². The van der Waals surface area contributed by atoms with Crippen molar-refractivity contribution < 1.29 is 17.9 Å². The highest BCUT2D eigenvalue weighted by atomic mass is 32.2. The molecule has 0 radical (unpaired) electrons. The molecule has 1 N–H and O–H groups in total. The van der Waals surface area contributed by atoms with Crippen LogP contribution in [0, 0.1) is 0 Å².